The van der Waals surface area contributed by atoms with E-state index in [0.717, 1.165) is 12.8 Å². The molecule has 0 bridgehead atoms. The number of fused-ring (bicyclic) bond motifs is 1. The molecule has 2 aromatic rings. The first kappa shape index (κ1) is 18.3. The lowest BCUT2D eigenvalue weighted by atomic mass is 9.89. The molecule has 0 aromatic heterocycles. The lowest BCUT2D eigenvalue weighted by Gasteiger charge is -2.18. The highest BCUT2D eigenvalue weighted by atomic mass is 19.1. The second-order valence-corrected chi connectivity index (χ2v) is 6.95. The van der Waals surface area contributed by atoms with Gasteiger partial charge in [-0.3, -0.25) is 9.59 Å². The van der Waals surface area contributed by atoms with Crippen LogP contribution in [0, 0.1) is 5.82 Å². The summed E-state index contributed by atoms with van der Waals surface area (Å²) in [6, 6.07) is 12.3. The van der Waals surface area contributed by atoms with Gasteiger partial charge in [0.1, 0.15) is 5.82 Å². The summed E-state index contributed by atoms with van der Waals surface area (Å²) in [4.78, 5) is 26.2. The molecule has 0 saturated carbocycles. The quantitative estimate of drug-likeness (QED) is 0.725. The number of ketones is 1. The second kappa shape index (κ2) is 8.26. The van der Waals surface area contributed by atoms with Crippen molar-refractivity contribution >= 4 is 11.7 Å². The average molecular weight is 353 g/mol. The maximum atomic E-state index is 13.7. The van der Waals surface area contributed by atoms with Gasteiger partial charge >= 0.3 is 0 Å². The fourth-order valence-corrected chi connectivity index (χ4v) is 3.43. The molecular formula is C22H24FNO2. The summed E-state index contributed by atoms with van der Waals surface area (Å²) in [7, 11) is 1.64. The van der Waals surface area contributed by atoms with Crippen LogP contribution in [0.1, 0.15) is 52.7 Å². The van der Waals surface area contributed by atoms with Crippen LogP contribution >= 0.6 is 0 Å². The number of amides is 1. The molecule has 136 valence electrons. The molecule has 3 rings (SSSR count). The Balaban J connectivity index is 1.55. The minimum Gasteiger partial charge on any atom is -0.341 e. The zero-order chi connectivity index (χ0) is 18.5. The van der Waals surface area contributed by atoms with Crippen LogP contribution in [0.2, 0.25) is 0 Å². The molecule has 0 fully saturated rings. The second-order valence-electron chi connectivity index (χ2n) is 6.95. The molecule has 3 nitrogen and oxygen atoms in total. The van der Waals surface area contributed by atoms with Gasteiger partial charge < -0.3 is 4.90 Å². The van der Waals surface area contributed by atoms with Crippen LogP contribution in [0.3, 0.4) is 0 Å². The molecule has 0 saturated heterocycles. The molecule has 0 unspecified atom stereocenters. The number of rotatable bonds is 6. The summed E-state index contributed by atoms with van der Waals surface area (Å²) in [6.07, 6.45) is 4.82. The minimum absolute atomic E-state index is 0.00832. The lowest BCUT2D eigenvalue weighted by molar-refractivity contribution is -0.130. The van der Waals surface area contributed by atoms with Gasteiger partial charge in [0.25, 0.3) is 0 Å². The van der Waals surface area contributed by atoms with E-state index in [1.807, 2.05) is 18.2 Å². The Morgan fingerprint density at radius 2 is 1.73 bits per heavy atom. The average Bonchev–Trinajstić information content (AvgIpc) is 2.67. The number of Topliss-reactive ketones (excluding diaryl/α,β-unsaturated/α-hetero) is 1. The number of benzene rings is 2. The molecule has 2 aromatic carbocycles. The van der Waals surface area contributed by atoms with Crippen molar-refractivity contribution in [2.24, 2.45) is 0 Å². The van der Waals surface area contributed by atoms with E-state index in [2.05, 4.69) is 0 Å². The van der Waals surface area contributed by atoms with E-state index in [1.165, 1.54) is 34.9 Å². The Bertz CT molecular complexity index is 816. The van der Waals surface area contributed by atoms with Crippen molar-refractivity contribution in [2.75, 3.05) is 7.05 Å². The van der Waals surface area contributed by atoms with Gasteiger partial charge in [0.2, 0.25) is 5.91 Å². The Labute approximate surface area is 153 Å². The van der Waals surface area contributed by atoms with Crippen LogP contribution in [0.25, 0.3) is 0 Å². The number of nitrogens with zero attached hydrogens (tertiary/aromatic N) is 1. The first-order valence-electron chi connectivity index (χ1n) is 9.17. The Morgan fingerprint density at radius 3 is 2.50 bits per heavy atom. The minimum atomic E-state index is -0.322. The van der Waals surface area contributed by atoms with Crippen LogP contribution < -0.4 is 0 Å². The standard InChI is InChI=1S/C22H24FNO2/c1-24(15-19-8-4-5-9-20(19)23)22(26)13-12-21(25)18-11-10-16-6-2-3-7-17(16)14-18/h4-5,8-11,14H,2-3,6-7,12-13,15H2,1H3. The Kier molecular flexibility index (Phi) is 5.82. The summed E-state index contributed by atoms with van der Waals surface area (Å²) >= 11 is 0. The molecule has 0 spiro atoms. The third kappa shape index (κ3) is 4.37. The number of hydrogen-bond donors (Lipinski definition) is 0. The lowest BCUT2D eigenvalue weighted by Crippen LogP contribution is -2.27. The molecule has 4 heteroatoms. The number of halogens is 1. The molecule has 1 aliphatic carbocycles. The molecule has 1 aliphatic rings. The Hall–Kier alpha value is -2.49. The molecule has 1 amide bonds. The first-order valence-corrected chi connectivity index (χ1v) is 9.17. The smallest absolute Gasteiger partial charge is 0.223 e. The van der Waals surface area contributed by atoms with E-state index >= 15 is 0 Å². The Morgan fingerprint density at radius 1 is 1.00 bits per heavy atom. The monoisotopic (exact) mass is 353 g/mol. The van der Waals surface area contributed by atoms with Gasteiger partial charge in [-0.05, 0) is 48.9 Å². The number of aryl methyl sites for hydroxylation is 2. The first-order chi connectivity index (χ1) is 12.5. The maximum absolute atomic E-state index is 13.7. The third-order valence-electron chi connectivity index (χ3n) is 5.03. The zero-order valence-corrected chi connectivity index (χ0v) is 15.1. The SMILES string of the molecule is CN(Cc1ccccc1F)C(=O)CCC(=O)c1ccc2c(c1)CCCC2. The predicted octanol–water partition coefficient (Wildman–Crippen LogP) is 4.33. The van der Waals surface area contributed by atoms with Gasteiger partial charge in [0, 0.05) is 37.6 Å². The van der Waals surface area contributed by atoms with Crippen molar-refractivity contribution in [3.8, 4) is 0 Å². The molecule has 0 atom stereocenters. The number of hydrogen-bond acceptors (Lipinski definition) is 2. The summed E-state index contributed by atoms with van der Waals surface area (Å²) in [5, 5.41) is 0. The molecule has 0 aliphatic heterocycles. The topological polar surface area (TPSA) is 37.4 Å². The summed E-state index contributed by atoms with van der Waals surface area (Å²) in [5.74, 6) is -0.483. The fourth-order valence-electron chi connectivity index (χ4n) is 3.43. The number of carbonyl (C=O) groups excluding carboxylic acids is 2. The molecule has 0 radical (unpaired) electrons. The van der Waals surface area contributed by atoms with E-state index in [-0.39, 0.29) is 36.9 Å². The summed E-state index contributed by atoms with van der Waals surface area (Å²) in [6.45, 7) is 0.207. The van der Waals surface area contributed by atoms with Crippen LogP contribution in [-0.4, -0.2) is 23.6 Å². The van der Waals surface area contributed by atoms with Crippen molar-refractivity contribution < 1.29 is 14.0 Å². The third-order valence-corrected chi connectivity index (χ3v) is 5.03. The van der Waals surface area contributed by atoms with Crippen molar-refractivity contribution in [1.82, 2.24) is 4.90 Å². The van der Waals surface area contributed by atoms with Crippen molar-refractivity contribution in [1.29, 1.82) is 0 Å². The van der Waals surface area contributed by atoms with Crippen LogP contribution in [0.4, 0.5) is 4.39 Å². The van der Waals surface area contributed by atoms with E-state index < -0.39 is 0 Å². The summed E-state index contributed by atoms with van der Waals surface area (Å²) < 4.78 is 13.7. The van der Waals surface area contributed by atoms with Crippen LogP contribution in [0.15, 0.2) is 42.5 Å². The van der Waals surface area contributed by atoms with Gasteiger partial charge in [0.15, 0.2) is 5.78 Å². The summed E-state index contributed by atoms with van der Waals surface area (Å²) in [5.41, 5.74) is 3.78. The normalized spacial score (nSPS) is 13.2. The van der Waals surface area contributed by atoms with Crippen molar-refractivity contribution in [3.63, 3.8) is 0 Å². The van der Waals surface area contributed by atoms with Crippen molar-refractivity contribution in [2.45, 2.75) is 45.1 Å². The van der Waals surface area contributed by atoms with E-state index in [9.17, 15) is 14.0 Å². The van der Waals surface area contributed by atoms with Gasteiger partial charge in [-0.1, -0.05) is 30.3 Å². The highest BCUT2D eigenvalue weighted by Crippen LogP contribution is 2.23. The molecule has 0 N–H and O–H groups in total. The molecule has 26 heavy (non-hydrogen) atoms. The maximum Gasteiger partial charge on any atom is 0.223 e. The van der Waals surface area contributed by atoms with Crippen molar-refractivity contribution in [3.05, 3.63) is 70.5 Å². The van der Waals surface area contributed by atoms with E-state index in [0.29, 0.717) is 11.1 Å². The van der Waals surface area contributed by atoms with E-state index in [4.69, 9.17) is 0 Å². The molecular weight excluding hydrogens is 329 g/mol. The highest BCUT2D eigenvalue weighted by molar-refractivity contribution is 5.98. The van der Waals surface area contributed by atoms with Gasteiger partial charge in [0.05, 0.1) is 0 Å². The molecule has 0 heterocycles. The predicted molar refractivity (Wildman–Crippen MR) is 99.5 cm³/mol. The fraction of sp³-hybridized carbons (Fsp3) is 0.364. The highest BCUT2D eigenvalue weighted by Gasteiger charge is 2.16. The van der Waals surface area contributed by atoms with Gasteiger partial charge in [-0.25, -0.2) is 4.39 Å². The van der Waals surface area contributed by atoms with Crippen LogP contribution in [0.5, 0.6) is 0 Å². The largest absolute Gasteiger partial charge is 0.341 e. The van der Waals surface area contributed by atoms with Crippen LogP contribution in [-0.2, 0) is 24.2 Å². The van der Waals surface area contributed by atoms with Gasteiger partial charge in [-0.2, -0.15) is 0 Å². The van der Waals surface area contributed by atoms with E-state index in [1.54, 1.807) is 25.2 Å². The van der Waals surface area contributed by atoms with Gasteiger partial charge in [-0.15, -0.1) is 0 Å². The number of carbonyl (C=O) groups is 2. The zero-order valence-electron chi connectivity index (χ0n) is 15.1.